The molecular formula is C14H32Cl2N2O7P2. The Bertz CT molecular complexity index is 440. The fraction of sp³-hybridized carbons (Fsp3) is 0.857. The van der Waals surface area contributed by atoms with Crippen LogP contribution in [0.25, 0.3) is 0 Å². The van der Waals surface area contributed by atoms with Crippen LogP contribution in [0.2, 0.25) is 0 Å². The average Bonchev–Trinajstić information content (AvgIpc) is 2.53. The molecule has 4 atom stereocenters. The molecule has 0 amide bonds. The number of carbonyl (C=O) groups is 2. The summed E-state index contributed by atoms with van der Waals surface area (Å²) in [4.78, 5) is 29.6. The van der Waals surface area contributed by atoms with Crippen LogP contribution < -0.4 is 11.5 Å². The third-order valence-electron chi connectivity index (χ3n) is 2.49. The highest BCUT2D eigenvalue weighted by Gasteiger charge is 2.16. The maximum Gasteiger partial charge on any atom is 0.322 e. The summed E-state index contributed by atoms with van der Waals surface area (Å²) >= 11 is 10.8. The van der Waals surface area contributed by atoms with Gasteiger partial charge in [-0.2, -0.15) is 0 Å². The Balaban J connectivity index is -0.000000334. The molecule has 0 saturated carbocycles. The van der Waals surface area contributed by atoms with Crippen LogP contribution >= 0.6 is 37.7 Å². The smallest absolute Gasteiger partial charge is 0.322 e. The summed E-state index contributed by atoms with van der Waals surface area (Å²) in [5.41, 5.74) is 10.4. The normalized spacial score (nSPS) is 15.6. The summed E-state index contributed by atoms with van der Waals surface area (Å²) in [6, 6.07) is -1.59. The van der Waals surface area contributed by atoms with Crippen molar-refractivity contribution in [3.8, 4) is 0 Å². The van der Waals surface area contributed by atoms with Crippen LogP contribution in [-0.2, 0) is 23.4 Å². The zero-order valence-electron chi connectivity index (χ0n) is 16.1. The number of alkyl halides is 1. The SMILES string of the molecule is CCOC(=O)[C@@H](N)CCCl.CCOP(C)Cl.CP(=O)(O)CC[C@H](N)C(=O)O. The second kappa shape index (κ2) is 19.3. The Morgan fingerprint density at radius 3 is 1.96 bits per heavy atom. The van der Waals surface area contributed by atoms with E-state index >= 15 is 0 Å². The number of ether oxygens (including phenoxy) is 1. The predicted octanol–water partition coefficient (Wildman–Crippen LogP) is 2.40. The molecule has 0 heterocycles. The molecule has 13 heteroatoms. The molecule has 2 unspecified atom stereocenters. The number of hydrogen-bond acceptors (Lipinski definition) is 7. The van der Waals surface area contributed by atoms with E-state index < -0.39 is 32.9 Å². The molecule has 0 aliphatic rings. The number of nitrogens with two attached hydrogens (primary N) is 2. The van der Waals surface area contributed by atoms with Crippen molar-refractivity contribution in [2.24, 2.45) is 11.5 Å². The van der Waals surface area contributed by atoms with Crippen LogP contribution in [0, 0.1) is 0 Å². The molecular weight excluding hydrogens is 441 g/mol. The van der Waals surface area contributed by atoms with Gasteiger partial charge in [-0.25, -0.2) is 0 Å². The number of aliphatic carboxylic acids is 1. The first kappa shape index (κ1) is 31.7. The Labute approximate surface area is 172 Å². The summed E-state index contributed by atoms with van der Waals surface area (Å²) in [6.07, 6.45) is 0.473. The Hall–Kier alpha value is 0.0200. The van der Waals surface area contributed by atoms with Crippen molar-refractivity contribution in [3.05, 3.63) is 0 Å². The number of rotatable bonds is 10. The quantitative estimate of drug-likeness (QED) is 0.212. The summed E-state index contributed by atoms with van der Waals surface area (Å²) in [7, 11) is -3.73. The monoisotopic (exact) mass is 472 g/mol. The van der Waals surface area contributed by atoms with Crippen LogP contribution in [0.1, 0.15) is 26.7 Å². The second-order valence-electron chi connectivity index (χ2n) is 5.18. The van der Waals surface area contributed by atoms with E-state index in [-0.39, 0.29) is 18.6 Å². The first-order valence-corrected chi connectivity index (χ1v) is 13.5. The lowest BCUT2D eigenvalue weighted by Crippen LogP contribution is -2.32. The highest BCUT2D eigenvalue weighted by molar-refractivity contribution is 7.79. The Morgan fingerprint density at radius 1 is 1.19 bits per heavy atom. The maximum absolute atomic E-state index is 10.7. The second-order valence-corrected chi connectivity index (χ2v) is 10.6. The summed E-state index contributed by atoms with van der Waals surface area (Å²) in [6.45, 7) is 7.81. The number of esters is 1. The van der Waals surface area contributed by atoms with Crippen LogP contribution in [0.5, 0.6) is 0 Å². The molecule has 0 saturated heterocycles. The van der Waals surface area contributed by atoms with E-state index in [1.54, 1.807) is 6.92 Å². The van der Waals surface area contributed by atoms with Gasteiger partial charge >= 0.3 is 11.9 Å². The number of carboxylic acids is 1. The lowest BCUT2D eigenvalue weighted by molar-refractivity contribution is -0.144. The van der Waals surface area contributed by atoms with Crippen molar-refractivity contribution in [3.63, 3.8) is 0 Å². The highest BCUT2D eigenvalue weighted by atomic mass is 35.7. The Morgan fingerprint density at radius 2 is 1.70 bits per heavy atom. The number of hydrogen-bond donors (Lipinski definition) is 4. The first-order valence-electron chi connectivity index (χ1n) is 8.10. The van der Waals surface area contributed by atoms with Crippen molar-refractivity contribution >= 4 is 49.7 Å². The number of halogens is 2. The minimum Gasteiger partial charge on any atom is -0.480 e. The molecule has 0 radical (unpaired) electrons. The van der Waals surface area contributed by atoms with Crippen molar-refractivity contribution in [1.82, 2.24) is 0 Å². The van der Waals surface area contributed by atoms with Crippen LogP contribution in [-0.4, -0.2) is 72.6 Å². The average molecular weight is 473 g/mol. The molecule has 0 rings (SSSR count). The van der Waals surface area contributed by atoms with E-state index in [4.69, 9.17) is 48.8 Å². The van der Waals surface area contributed by atoms with Gasteiger partial charge in [0.05, 0.1) is 6.61 Å². The van der Waals surface area contributed by atoms with E-state index in [1.807, 2.05) is 13.6 Å². The molecule has 0 aliphatic heterocycles. The van der Waals surface area contributed by atoms with E-state index in [0.717, 1.165) is 6.61 Å². The highest BCUT2D eigenvalue weighted by Crippen LogP contribution is 2.36. The van der Waals surface area contributed by atoms with Gasteiger partial charge in [-0.1, -0.05) is 11.2 Å². The zero-order valence-corrected chi connectivity index (χ0v) is 19.4. The van der Waals surface area contributed by atoms with Gasteiger partial charge in [-0.3, -0.25) is 14.2 Å². The van der Waals surface area contributed by atoms with Gasteiger partial charge in [0, 0.05) is 25.3 Å². The van der Waals surface area contributed by atoms with E-state index in [0.29, 0.717) is 18.9 Å². The van der Waals surface area contributed by atoms with Crippen LogP contribution in [0.3, 0.4) is 0 Å². The van der Waals surface area contributed by atoms with E-state index in [2.05, 4.69) is 4.74 Å². The largest absolute Gasteiger partial charge is 0.480 e. The predicted molar refractivity (Wildman–Crippen MR) is 111 cm³/mol. The molecule has 9 nitrogen and oxygen atoms in total. The lowest BCUT2D eigenvalue weighted by atomic mass is 10.2. The molecule has 27 heavy (non-hydrogen) atoms. The number of carboxylic acid groups (broad SMARTS) is 1. The van der Waals surface area contributed by atoms with Crippen LogP contribution in [0.4, 0.5) is 0 Å². The molecule has 0 aliphatic carbocycles. The molecule has 164 valence electrons. The van der Waals surface area contributed by atoms with Gasteiger partial charge in [-0.15, -0.1) is 11.6 Å². The summed E-state index contributed by atoms with van der Waals surface area (Å²) in [5, 5.41) is 8.28. The third-order valence-corrected chi connectivity index (χ3v) is 4.70. The molecule has 6 N–H and O–H groups in total. The van der Waals surface area contributed by atoms with Gasteiger partial charge in [0.15, 0.2) is 7.37 Å². The molecule has 0 spiro atoms. The molecule has 0 aromatic carbocycles. The van der Waals surface area contributed by atoms with Crippen LogP contribution in [0.15, 0.2) is 0 Å². The summed E-state index contributed by atoms with van der Waals surface area (Å²) in [5.74, 6) is -1.12. The molecule has 0 bridgehead atoms. The standard InChI is InChI=1S/C6H12ClNO2.C5H12NO4P.C3H8ClOP/c1-2-10-6(9)5(8)3-4-7;1-11(9,10)3-2-4(6)5(7)8;1-3-5-6(2)4/h5H,2-4,8H2,1H3;4H,2-3,6H2,1H3,(H,7,8)(H,9,10);3H2,1-2H3/t5-;4-;/m00./s1. The van der Waals surface area contributed by atoms with Crippen molar-refractivity contribution in [1.29, 1.82) is 0 Å². The van der Waals surface area contributed by atoms with Gasteiger partial charge in [0.1, 0.15) is 19.6 Å². The molecule has 0 aromatic heterocycles. The fourth-order valence-electron chi connectivity index (χ4n) is 1.16. The topological polar surface area (TPSA) is 162 Å². The first-order chi connectivity index (χ1) is 12.3. The lowest BCUT2D eigenvalue weighted by Gasteiger charge is -2.07. The van der Waals surface area contributed by atoms with Gasteiger partial charge in [0.2, 0.25) is 0 Å². The van der Waals surface area contributed by atoms with Crippen molar-refractivity contribution < 1.29 is 33.4 Å². The molecule has 0 aromatic rings. The van der Waals surface area contributed by atoms with Gasteiger partial charge < -0.3 is 30.7 Å². The maximum atomic E-state index is 10.7. The Kier molecular flexibility index (Phi) is 22.7. The fourth-order valence-corrected chi connectivity index (χ4v) is 2.81. The minimum absolute atomic E-state index is 0.0412. The van der Waals surface area contributed by atoms with Gasteiger partial charge in [-0.05, 0) is 33.4 Å². The molecule has 0 fully saturated rings. The van der Waals surface area contributed by atoms with E-state index in [9.17, 15) is 14.2 Å². The summed E-state index contributed by atoms with van der Waals surface area (Å²) < 4.78 is 20.2. The number of carbonyl (C=O) groups excluding carboxylic acids is 1. The van der Waals surface area contributed by atoms with Gasteiger partial charge in [0.25, 0.3) is 0 Å². The third kappa shape index (κ3) is 28.3. The zero-order chi connectivity index (χ0) is 22.0. The van der Waals surface area contributed by atoms with Crippen molar-refractivity contribution in [2.75, 3.05) is 38.6 Å². The minimum atomic E-state index is -3.10. The van der Waals surface area contributed by atoms with E-state index in [1.165, 1.54) is 6.66 Å². The van der Waals surface area contributed by atoms with Crippen molar-refractivity contribution in [2.45, 2.75) is 38.8 Å².